The Labute approximate surface area is 455 Å². The summed E-state index contributed by atoms with van der Waals surface area (Å²) in [5.41, 5.74) is 3.69. The van der Waals surface area contributed by atoms with Crippen molar-refractivity contribution in [1.29, 1.82) is 0 Å². The summed E-state index contributed by atoms with van der Waals surface area (Å²) in [5, 5.41) is 12.0. The second kappa shape index (κ2) is 25.9. The SMILES string of the molecule is COCCOCCOCCOCCOC1(c2nccc(COc3ccc4cc3C[C@H](C(=O)O)Oc3ncnc5sc(-c6ccc(F)cc6)c(c35)-c3c(C)c(Cl)c(c(Cl)c3C)O[C@H](CN3CCN(C)CC3)CO4)n2)CCC1. The third-order valence-corrected chi connectivity index (χ3v) is 15.9. The first-order valence-corrected chi connectivity index (χ1v) is 27.0. The molecule has 4 bridgehead atoms. The Morgan fingerprint density at radius 3 is 2.24 bits per heavy atom. The number of halogens is 3. The van der Waals surface area contributed by atoms with Crippen molar-refractivity contribution in [1.82, 2.24) is 29.7 Å². The fraction of sp³-hybridized carbons (Fsp3) is 0.473. The average Bonchev–Trinajstić information content (AvgIpc) is 3.83. The number of likely N-dealkylation sites (N-methyl/N-ethyl adjacent to an activating group) is 1. The van der Waals surface area contributed by atoms with Crippen molar-refractivity contribution < 1.29 is 56.9 Å². The first-order valence-electron chi connectivity index (χ1n) is 25.5. The third kappa shape index (κ3) is 13.1. The topological polar surface area (TPSA) is 178 Å². The zero-order valence-corrected chi connectivity index (χ0v) is 45.4. The van der Waals surface area contributed by atoms with E-state index in [0.717, 1.165) is 45.4 Å². The smallest absolute Gasteiger partial charge is 0.345 e. The number of methoxy groups -OCH3 is 1. The summed E-state index contributed by atoms with van der Waals surface area (Å²) in [6.45, 7) is 11.5. The zero-order valence-electron chi connectivity index (χ0n) is 43.1. The van der Waals surface area contributed by atoms with E-state index in [2.05, 4.69) is 31.8 Å². The number of aliphatic carboxylic acids is 1. The number of aromatic nitrogens is 4. The molecule has 3 aromatic carbocycles. The molecule has 1 N–H and O–H groups in total. The van der Waals surface area contributed by atoms with E-state index >= 15 is 0 Å². The van der Waals surface area contributed by atoms with Crippen LogP contribution >= 0.6 is 34.5 Å². The minimum absolute atomic E-state index is 0.0200. The van der Waals surface area contributed by atoms with Gasteiger partial charge in [0.05, 0.1) is 74.0 Å². The Hall–Kier alpha value is -5.32. The monoisotopic (exact) mass is 1100 g/mol. The van der Waals surface area contributed by atoms with Crippen molar-refractivity contribution in [3.63, 3.8) is 0 Å². The molecule has 0 spiro atoms. The lowest BCUT2D eigenvalue weighted by Crippen LogP contribution is -2.49. The van der Waals surface area contributed by atoms with E-state index in [-0.39, 0.29) is 25.5 Å². The summed E-state index contributed by atoms with van der Waals surface area (Å²) in [4.78, 5) is 38.0. The van der Waals surface area contributed by atoms with Crippen LogP contribution in [-0.4, -0.2) is 159 Å². The van der Waals surface area contributed by atoms with Crippen LogP contribution in [0.2, 0.25) is 10.0 Å². The van der Waals surface area contributed by atoms with Gasteiger partial charge in [0.25, 0.3) is 0 Å². The molecule has 1 aliphatic carbocycles. The molecule has 0 amide bonds. The highest BCUT2D eigenvalue weighted by atomic mass is 35.5. The van der Waals surface area contributed by atoms with Gasteiger partial charge in [0.15, 0.2) is 11.6 Å². The standard InChI is InChI=1S/C55H63Cl2FN6O11S/c1-34-44-35(2)48(57)49(47(34)56)74-41(30-64-18-16-63(3)17-19-64)32-71-40-10-11-42(72-31-39-12-15-59-54(62-39)55(13-5-14-55)73-27-26-70-25-24-69-23-22-68-21-20-67-4)37(28-40)29-43(53(65)66)75-51-46-45(44)50(76-52(46)61-33-60-51)36-6-8-38(58)9-7-36/h6-12,15,28,33,41,43H,5,13-14,16-27,29-32H2,1-4H3,(H,65,66)/t41-,43-/m1/s1. The molecule has 1 saturated heterocycles. The zero-order chi connectivity index (χ0) is 53.2. The molecule has 17 nitrogen and oxygen atoms in total. The quantitative estimate of drug-likeness (QED) is 0.0675. The highest BCUT2D eigenvalue weighted by molar-refractivity contribution is 7.22. The molecule has 2 fully saturated rings. The van der Waals surface area contributed by atoms with Crippen LogP contribution in [0, 0.1) is 19.7 Å². The van der Waals surface area contributed by atoms with Gasteiger partial charge in [-0.3, -0.25) is 4.90 Å². The number of hydrogen-bond acceptors (Lipinski definition) is 17. The minimum atomic E-state index is -1.48. The van der Waals surface area contributed by atoms with Crippen LogP contribution in [-0.2, 0) is 47.1 Å². The maximum atomic E-state index is 14.4. The summed E-state index contributed by atoms with van der Waals surface area (Å²) in [7, 11) is 3.74. The lowest BCUT2D eigenvalue weighted by Gasteiger charge is -2.40. The molecule has 3 aromatic heterocycles. The number of piperazine rings is 1. The maximum absolute atomic E-state index is 14.4. The molecule has 0 radical (unpaired) electrons. The molecule has 3 aliphatic heterocycles. The Morgan fingerprint density at radius 1 is 0.868 bits per heavy atom. The van der Waals surface area contributed by atoms with Gasteiger partial charge in [0, 0.05) is 68.5 Å². The van der Waals surface area contributed by atoms with Crippen LogP contribution in [0.4, 0.5) is 4.39 Å². The number of carbonyl (C=O) groups is 1. The van der Waals surface area contributed by atoms with Crippen LogP contribution in [0.15, 0.2) is 61.1 Å². The van der Waals surface area contributed by atoms with E-state index < -0.39 is 29.6 Å². The highest BCUT2D eigenvalue weighted by Crippen LogP contribution is 2.53. The normalized spacial score (nSPS) is 17.9. The second-order valence-corrected chi connectivity index (χ2v) is 20.8. The largest absolute Gasteiger partial charge is 0.490 e. The van der Waals surface area contributed by atoms with Crippen molar-refractivity contribution in [3.8, 4) is 44.7 Å². The van der Waals surface area contributed by atoms with E-state index in [4.69, 9.17) is 70.8 Å². The maximum Gasteiger partial charge on any atom is 0.345 e. The average molecular weight is 1110 g/mol. The number of rotatable bonds is 21. The minimum Gasteiger partial charge on any atom is -0.490 e. The Kier molecular flexibility index (Phi) is 18.9. The number of carboxylic acid groups (broad SMARTS) is 1. The van der Waals surface area contributed by atoms with Gasteiger partial charge < -0.3 is 52.6 Å². The molecule has 4 aliphatic rings. The molecule has 21 heteroatoms. The van der Waals surface area contributed by atoms with E-state index in [1.54, 1.807) is 49.7 Å². The number of benzene rings is 3. The van der Waals surface area contributed by atoms with Gasteiger partial charge >= 0.3 is 5.97 Å². The summed E-state index contributed by atoms with van der Waals surface area (Å²) in [6, 6.07) is 13.2. The van der Waals surface area contributed by atoms with Crippen molar-refractivity contribution in [2.45, 2.75) is 63.9 Å². The summed E-state index contributed by atoms with van der Waals surface area (Å²) >= 11 is 16.0. The molecule has 6 heterocycles. The number of thiophene rings is 1. The van der Waals surface area contributed by atoms with Crippen LogP contribution in [0.1, 0.15) is 47.5 Å². The molecule has 1 saturated carbocycles. The molecular formula is C55H63Cl2FN6O11S. The van der Waals surface area contributed by atoms with Crippen LogP contribution in [0.25, 0.3) is 31.8 Å². The molecule has 406 valence electrons. The van der Waals surface area contributed by atoms with Crippen molar-refractivity contribution in [2.75, 3.05) is 106 Å². The van der Waals surface area contributed by atoms with Crippen LogP contribution < -0.4 is 18.9 Å². The van der Waals surface area contributed by atoms with Gasteiger partial charge in [-0.25, -0.2) is 29.1 Å². The lowest BCUT2D eigenvalue weighted by molar-refractivity contribution is -0.145. The highest BCUT2D eigenvalue weighted by Gasteiger charge is 2.43. The van der Waals surface area contributed by atoms with Gasteiger partial charge in [-0.05, 0) is 98.8 Å². The van der Waals surface area contributed by atoms with Crippen molar-refractivity contribution in [2.24, 2.45) is 0 Å². The Balaban J connectivity index is 1.01. The van der Waals surface area contributed by atoms with E-state index in [9.17, 15) is 14.3 Å². The van der Waals surface area contributed by atoms with Gasteiger partial charge in [-0.2, -0.15) is 0 Å². The molecule has 2 atom stereocenters. The van der Waals surface area contributed by atoms with E-state index in [1.807, 2.05) is 13.8 Å². The first-order chi connectivity index (χ1) is 36.9. The fourth-order valence-corrected chi connectivity index (χ4v) is 11.1. The van der Waals surface area contributed by atoms with Gasteiger partial charge in [-0.1, -0.05) is 35.3 Å². The lowest BCUT2D eigenvalue weighted by atomic mass is 9.79. The third-order valence-electron chi connectivity index (χ3n) is 13.8. The molecular weight excluding hydrogens is 1040 g/mol. The van der Waals surface area contributed by atoms with Crippen LogP contribution in [0.3, 0.4) is 0 Å². The van der Waals surface area contributed by atoms with Gasteiger partial charge in [0.1, 0.15) is 53.4 Å². The molecule has 0 unspecified atom stereocenters. The number of ether oxygens (including phenoxy) is 9. The second-order valence-electron chi connectivity index (χ2n) is 19.0. The Bertz CT molecular complexity index is 2910. The summed E-state index contributed by atoms with van der Waals surface area (Å²) in [5.74, 6) is 0.0878. The molecule has 6 aromatic rings. The Morgan fingerprint density at radius 2 is 1.57 bits per heavy atom. The first kappa shape index (κ1) is 55.4. The fourth-order valence-electron chi connectivity index (χ4n) is 9.47. The predicted molar refractivity (Wildman–Crippen MR) is 286 cm³/mol. The van der Waals surface area contributed by atoms with Gasteiger partial charge in [0.2, 0.25) is 12.0 Å². The van der Waals surface area contributed by atoms with E-state index in [1.165, 1.54) is 29.8 Å². The summed E-state index contributed by atoms with van der Waals surface area (Å²) < 4.78 is 69.1. The summed E-state index contributed by atoms with van der Waals surface area (Å²) in [6.07, 6.45) is 3.33. The van der Waals surface area contributed by atoms with Crippen molar-refractivity contribution >= 4 is 50.7 Å². The van der Waals surface area contributed by atoms with Gasteiger partial charge in [-0.15, -0.1) is 11.3 Å². The number of carboxylic acids is 1. The van der Waals surface area contributed by atoms with Crippen LogP contribution in [0.5, 0.6) is 23.1 Å². The predicted octanol–water partition coefficient (Wildman–Crippen LogP) is 9.01. The molecule has 10 rings (SSSR count). The number of hydrogen-bond donors (Lipinski definition) is 1. The van der Waals surface area contributed by atoms with Crippen molar-refractivity contribution in [3.05, 3.63) is 105 Å². The number of nitrogens with zero attached hydrogens (tertiary/aromatic N) is 6. The number of fused-ring (bicyclic) bond motifs is 7. The molecule has 76 heavy (non-hydrogen) atoms. The van der Waals surface area contributed by atoms with E-state index in [0.29, 0.717) is 147 Å².